The van der Waals surface area contributed by atoms with E-state index in [1.807, 2.05) is 31.2 Å². The fourth-order valence-corrected chi connectivity index (χ4v) is 1.71. The zero-order valence-electron chi connectivity index (χ0n) is 12.0. The number of aliphatic hydroxyl groups excluding tert-OH is 1. The molecule has 3 N–H and O–H groups in total. The van der Waals surface area contributed by atoms with Crippen LogP contribution in [0.4, 0.5) is 0 Å². The summed E-state index contributed by atoms with van der Waals surface area (Å²) in [6.45, 7) is 2.08. The first kappa shape index (κ1) is 17.0. The number of aliphatic hydroxyl groups is 1. The van der Waals surface area contributed by atoms with Gasteiger partial charge in [0.25, 0.3) is 0 Å². The van der Waals surface area contributed by atoms with Crippen LogP contribution in [-0.2, 0) is 9.59 Å². The number of aryl methyl sites for hydroxylation is 1. The van der Waals surface area contributed by atoms with Gasteiger partial charge < -0.3 is 20.3 Å². The molecule has 0 radical (unpaired) electrons. The summed E-state index contributed by atoms with van der Waals surface area (Å²) in [6, 6.07) is 6.55. The highest BCUT2D eigenvalue weighted by atomic mass is 16.5. The highest BCUT2D eigenvalue weighted by Crippen LogP contribution is 2.11. The van der Waals surface area contributed by atoms with E-state index >= 15 is 0 Å². The van der Waals surface area contributed by atoms with Gasteiger partial charge in [0.1, 0.15) is 11.8 Å². The van der Waals surface area contributed by atoms with Crippen LogP contribution in [0.25, 0.3) is 0 Å². The van der Waals surface area contributed by atoms with Gasteiger partial charge in [-0.05, 0) is 25.5 Å². The molecular formula is C15H21NO5. The molecule has 0 aliphatic rings. The molecule has 0 bridgehead atoms. The van der Waals surface area contributed by atoms with Gasteiger partial charge in [-0.2, -0.15) is 0 Å². The minimum Gasteiger partial charge on any atom is -0.494 e. The van der Waals surface area contributed by atoms with E-state index in [2.05, 4.69) is 5.32 Å². The average Bonchev–Trinajstić information content (AvgIpc) is 2.45. The zero-order chi connectivity index (χ0) is 15.7. The predicted octanol–water partition coefficient (Wildman–Crippen LogP) is 1.11. The van der Waals surface area contributed by atoms with Gasteiger partial charge in [-0.3, -0.25) is 4.79 Å². The lowest BCUT2D eigenvalue weighted by atomic mass is 10.2. The number of nitrogens with one attached hydrogen (secondary N) is 1. The first-order valence-electron chi connectivity index (χ1n) is 6.85. The molecule has 21 heavy (non-hydrogen) atoms. The molecule has 0 spiro atoms. The largest absolute Gasteiger partial charge is 0.494 e. The quantitative estimate of drug-likeness (QED) is 0.593. The standard InChI is InChI=1S/C15H21NO5/c1-11-4-6-12(7-5-11)21-10-2-3-14(18)16-13(8-9-17)15(19)20/h4-7,13,17H,2-3,8-10H2,1H3,(H,16,18)(H,19,20)/t13-/m1/s1. The summed E-state index contributed by atoms with van der Waals surface area (Å²) < 4.78 is 5.48. The monoisotopic (exact) mass is 295 g/mol. The van der Waals surface area contributed by atoms with E-state index < -0.39 is 12.0 Å². The number of amides is 1. The van der Waals surface area contributed by atoms with E-state index in [1.165, 1.54) is 0 Å². The summed E-state index contributed by atoms with van der Waals surface area (Å²) >= 11 is 0. The number of carbonyl (C=O) groups excluding carboxylic acids is 1. The molecule has 1 rings (SSSR count). The van der Waals surface area contributed by atoms with Gasteiger partial charge in [0.05, 0.1) is 6.61 Å². The van der Waals surface area contributed by atoms with Crippen molar-refractivity contribution in [3.8, 4) is 5.75 Å². The molecule has 1 aromatic rings. The first-order chi connectivity index (χ1) is 10.0. The maximum absolute atomic E-state index is 11.6. The van der Waals surface area contributed by atoms with Gasteiger partial charge in [0.15, 0.2) is 0 Å². The summed E-state index contributed by atoms with van der Waals surface area (Å²) in [5.41, 5.74) is 1.14. The van der Waals surface area contributed by atoms with E-state index in [1.54, 1.807) is 0 Å². The second kappa shape index (κ2) is 8.97. The molecular weight excluding hydrogens is 274 g/mol. The molecule has 0 saturated carbocycles. The molecule has 1 aromatic carbocycles. The van der Waals surface area contributed by atoms with Crippen LogP contribution in [-0.4, -0.2) is 41.3 Å². The number of ether oxygens (including phenoxy) is 1. The van der Waals surface area contributed by atoms with Crippen LogP contribution < -0.4 is 10.1 Å². The van der Waals surface area contributed by atoms with Crippen molar-refractivity contribution in [2.24, 2.45) is 0 Å². The van der Waals surface area contributed by atoms with Gasteiger partial charge in [0, 0.05) is 19.4 Å². The first-order valence-corrected chi connectivity index (χ1v) is 6.85. The summed E-state index contributed by atoms with van der Waals surface area (Å²) in [5, 5.41) is 19.9. The number of carboxylic acids is 1. The van der Waals surface area contributed by atoms with Crippen LogP contribution in [0.5, 0.6) is 5.75 Å². The van der Waals surface area contributed by atoms with Crippen LogP contribution >= 0.6 is 0 Å². The fraction of sp³-hybridized carbons (Fsp3) is 0.467. The van der Waals surface area contributed by atoms with Gasteiger partial charge in [-0.15, -0.1) is 0 Å². The number of hydrogen-bond acceptors (Lipinski definition) is 4. The van der Waals surface area contributed by atoms with Crippen molar-refractivity contribution >= 4 is 11.9 Å². The van der Waals surface area contributed by atoms with Gasteiger partial charge >= 0.3 is 5.97 Å². The second-order valence-corrected chi connectivity index (χ2v) is 4.74. The van der Waals surface area contributed by atoms with Crippen molar-refractivity contribution < 1.29 is 24.5 Å². The number of benzene rings is 1. The number of aliphatic carboxylic acids is 1. The maximum atomic E-state index is 11.6. The molecule has 6 nitrogen and oxygen atoms in total. The van der Waals surface area contributed by atoms with Gasteiger partial charge in [0.2, 0.25) is 5.91 Å². The molecule has 0 heterocycles. The lowest BCUT2D eigenvalue weighted by molar-refractivity contribution is -0.142. The molecule has 0 aliphatic heterocycles. The Morgan fingerprint density at radius 1 is 1.29 bits per heavy atom. The van der Waals surface area contributed by atoms with Crippen molar-refractivity contribution in [1.29, 1.82) is 0 Å². The third kappa shape index (κ3) is 6.76. The number of rotatable bonds is 9. The van der Waals surface area contributed by atoms with Crippen molar-refractivity contribution in [2.75, 3.05) is 13.2 Å². The Morgan fingerprint density at radius 3 is 2.52 bits per heavy atom. The van der Waals surface area contributed by atoms with Gasteiger partial charge in [-0.25, -0.2) is 4.79 Å². The van der Waals surface area contributed by atoms with Gasteiger partial charge in [-0.1, -0.05) is 17.7 Å². The number of carbonyl (C=O) groups is 2. The molecule has 0 aromatic heterocycles. The molecule has 1 atom stereocenters. The van der Waals surface area contributed by atoms with Crippen LogP contribution in [0, 0.1) is 6.92 Å². The minimum atomic E-state index is -1.15. The lowest BCUT2D eigenvalue weighted by Crippen LogP contribution is -2.41. The molecule has 0 saturated heterocycles. The maximum Gasteiger partial charge on any atom is 0.326 e. The van der Waals surface area contributed by atoms with E-state index in [9.17, 15) is 9.59 Å². The smallest absolute Gasteiger partial charge is 0.326 e. The van der Waals surface area contributed by atoms with Crippen molar-refractivity contribution in [3.63, 3.8) is 0 Å². The Hall–Kier alpha value is -2.08. The van der Waals surface area contributed by atoms with E-state index in [0.717, 1.165) is 11.3 Å². The molecule has 1 amide bonds. The van der Waals surface area contributed by atoms with E-state index in [-0.39, 0.29) is 25.4 Å². The lowest BCUT2D eigenvalue weighted by Gasteiger charge is -2.13. The molecule has 6 heteroatoms. The Morgan fingerprint density at radius 2 is 1.95 bits per heavy atom. The second-order valence-electron chi connectivity index (χ2n) is 4.74. The fourth-order valence-electron chi connectivity index (χ4n) is 1.71. The topological polar surface area (TPSA) is 95.9 Å². The average molecular weight is 295 g/mol. The molecule has 0 fully saturated rings. The summed E-state index contributed by atoms with van der Waals surface area (Å²) in [4.78, 5) is 22.4. The Labute approximate surface area is 123 Å². The predicted molar refractivity (Wildman–Crippen MR) is 77.2 cm³/mol. The molecule has 0 unspecified atom stereocenters. The Balaban J connectivity index is 2.23. The van der Waals surface area contributed by atoms with E-state index in [4.69, 9.17) is 14.9 Å². The normalized spacial score (nSPS) is 11.7. The molecule has 116 valence electrons. The van der Waals surface area contributed by atoms with E-state index in [0.29, 0.717) is 13.0 Å². The van der Waals surface area contributed by atoms with Crippen molar-refractivity contribution in [3.05, 3.63) is 29.8 Å². The third-order valence-corrected chi connectivity index (χ3v) is 2.89. The Bertz CT molecular complexity index is 458. The third-order valence-electron chi connectivity index (χ3n) is 2.89. The Kier molecular flexibility index (Phi) is 7.25. The zero-order valence-corrected chi connectivity index (χ0v) is 12.0. The summed E-state index contributed by atoms with van der Waals surface area (Å²) in [7, 11) is 0. The summed E-state index contributed by atoms with van der Waals surface area (Å²) in [6.07, 6.45) is 0.674. The highest BCUT2D eigenvalue weighted by Gasteiger charge is 2.18. The highest BCUT2D eigenvalue weighted by molar-refractivity contribution is 5.83. The number of hydrogen-bond donors (Lipinski definition) is 3. The van der Waals surface area contributed by atoms with Crippen molar-refractivity contribution in [1.82, 2.24) is 5.32 Å². The van der Waals surface area contributed by atoms with Crippen LogP contribution in [0.1, 0.15) is 24.8 Å². The SMILES string of the molecule is Cc1ccc(OCCCC(=O)N[C@H](CCO)C(=O)O)cc1. The molecule has 0 aliphatic carbocycles. The van der Waals surface area contributed by atoms with Crippen LogP contribution in [0.2, 0.25) is 0 Å². The summed E-state index contributed by atoms with van der Waals surface area (Å²) in [5.74, 6) is -0.763. The van der Waals surface area contributed by atoms with Crippen LogP contribution in [0.3, 0.4) is 0 Å². The van der Waals surface area contributed by atoms with Crippen molar-refractivity contribution in [2.45, 2.75) is 32.2 Å². The minimum absolute atomic E-state index is 0.000932. The van der Waals surface area contributed by atoms with Crippen LogP contribution in [0.15, 0.2) is 24.3 Å². The number of carboxylic acid groups (broad SMARTS) is 1.